The van der Waals surface area contributed by atoms with Gasteiger partial charge in [0.05, 0.1) is 11.4 Å². The zero-order chi connectivity index (χ0) is 16.5. The Labute approximate surface area is 137 Å². The van der Waals surface area contributed by atoms with Gasteiger partial charge in [0, 0.05) is 12.1 Å². The van der Waals surface area contributed by atoms with Gasteiger partial charge in [0.2, 0.25) is 5.11 Å². The smallest absolute Gasteiger partial charge is 0.201 e. The first-order valence-corrected chi connectivity index (χ1v) is 7.43. The molecule has 0 atom stereocenters. The fourth-order valence-electron chi connectivity index (χ4n) is 0.903. The van der Waals surface area contributed by atoms with E-state index in [-0.39, 0.29) is 5.54 Å². The van der Waals surface area contributed by atoms with E-state index in [0.717, 1.165) is 6.54 Å². The summed E-state index contributed by atoms with van der Waals surface area (Å²) in [6.07, 6.45) is 0. The Hall–Kier alpha value is -1.32. The van der Waals surface area contributed by atoms with E-state index in [2.05, 4.69) is 37.2 Å². The Morgan fingerprint density at radius 3 is 1.86 bits per heavy atom. The van der Waals surface area contributed by atoms with Crippen LogP contribution >= 0.6 is 24.4 Å². The molecule has 0 heterocycles. The lowest BCUT2D eigenvalue weighted by Crippen LogP contribution is -2.51. The highest BCUT2D eigenvalue weighted by Gasteiger charge is 2.08. The quantitative estimate of drug-likeness (QED) is 0.292. The Kier molecular flexibility index (Phi) is 8.98. The second-order valence-electron chi connectivity index (χ2n) is 5.31. The molecule has 21 heavy (non-hydrogen) atoms. The van der Waals surface area contributed by atoms with Gasteiger partial charge in [-0.3, -0.25) is 16.3 Å². The second kappa shape index (κ2) is 9.59. The average molecular weight is 332 g/mol. The zero-order valence-electron chi connectivity index (χ0n) is 13.4. The molecular weight excluding hydrogens is 306 g/mol. The lowest BCUT2D eigenvalue weighted by molar-refractivity contribution is 0.402. The number of hydrazine groups is 1. The van der Waals surface area contributed by atoms with Crippen LogP contribution in [0.1, 0.15) is 41.5 Å². The molecule has 0 aliphatic heterocycles. The van der Waals surface area contributed by atoms with Crippen LogP contribution in [0.25, 0.3) is 0 Å². The summed E-state index contributed by atoms with van der Waals surface area (Å²) in [5.41, 5.74) is 12.7. The van der Waals surface area contributed by atoms with Crippen molar-refractivity contribution in [3.05, 3.63) is 0 Å². The molecule has 0 unspecified atom stereocenters. The number of rotatable bonds is 5. The van der Waals surface area contributed by atoms with Crippen molar-refractivity contribution in [3.63, 3.8) is 0 Å². The van der Waals surface area contributed by atoms with Crippen LogP contribution in [0.5, 0.6) is 0 Å². The second-order valence-corrected chi connectivity index (χ2v) is 6.12. The molecule has 0 aromatic carbocycles. The van der Waals surface area contributed by atoms with Gasteiger partial charge >= 0.3 is 0 Å². The van der Waals surface area contributed by atoms with Crippen molar-refractivity contribution in [2.45, 2.75) is 47.1 Å². The molecule has 0 rings (SSSR count). The van der Waals surface area contributed by atoms with Crippen LogP contribution in [-0.2, 0) is 0 Å². The molecule has 0 fully saturated rings. The van der Waals surface area contributed by atoms with E-state index in [1.165, 1.54) is 0 Å². The van der Waals surface area contributed by atoms with Crippen molar-refractivity contribution < 1.29 is 0 Å². The maximum absolute atomic E-state index is 5.09. The van der Waals surface area contributed by atoms with E-state index in [4.69, 9.17) is 24.4 Å². The molecule has 0 amide bonds. The molecule has 0 aliphatic rings. The van der Waals surface area contributed by atoms with Gasteiger partial charge in [-0.25, -0.2) is 5.43 Å². The minimum absolute atomic E-state index is 0.0895. The van der Waals surface area contributed by atoms with Crippen LogP contribution in [-0.4, -0.2) is 33.7 Å². The van der Waals surface area contributed by atoms with E-state index in [9.17, 15) is 0 Å². The summed E-state index contributed by atoms with van der Waals surface area (Å²) in [6, 6.07) is 0. The predicted molar refractivity (Wildman–Crippen MR) is 97.4 cm³/mol. The lowest BCUT2D eigenvalue weighted by atomic mass is 10.1. The van der Waals surface area contributed by atoms with Crippen molar-refractivity contribution in [2.24, 2.45) is 10.2 Å². The SMILES string of the molecule is CCNC(=S)N/N=C(C)/C(C)=N/NC(=S)NNC(C)(C)C. The fraction of sp³-hybridized carbons (Fsp3) is 0.667. The summed E-state index contributed by atoms with van der Waals surface area (Å²) in [5, 5.41) is 12.1. The number of hydrazone groups is 2. The monoisotopic (exact) mass is 331 g/mol. The molecule has 0 bridgehead atoms. The molecule has 0 aliphatic carbocycles. The lowest BCUT2D eigenvalue weighted by Gasteiger charge is -2.21. The topological polar surface area (TPSA) is 84.9 Å². The summed E-state index contributed by atoms with van der Waals surface area (Å²) < 4.78 is 0. The van der Waals surface area contributed by atoms with Crippen LogP contribution in [0.15, 0.2) is 10.2 Å². The van der Waals surface area contributed by atoms with E-state index < -0.39 is 0 Å². The minimum atomic E-state index is -0.0895. The number of nitrogens with one attached hydrogen (secondary N) is 5. The standard InChI is InChI=1S/C12H25N7S2/c1-7-13-10(20)16-14-8(2)9(3)15-17-11(21)18-19-12(4,5)6/h19H,7H2,1-6H3,(H2,13,16,20)(H2,17,18,21)/b14-8+,15-9+. The van der Waals surface area contributed by atoms with Crippen LogP contribution < -0.4 is 27.0 Å². The fourth-order valence-corrected chi connectivity index (χ4v) is 1.19. The third-order valence-corrected chi connectivity index (χ3v) is 2.49. The highest BCUT2D eigenvalue weighted by molar-refractivity contribution is 7.80. The van der Waals surface area contributed by atoms with Crippen molar-refractivity contribution in [2.75, 3.05) is 6.54 Å². The van der Waals surface area contributed by atoms with Gasteiger partial charge in [0.1, 0.15) is 0 Å². The maximum atomic E-state index is 5.09. The van der Waals surface area contributed by atoms with Crippen LogP contribution in [0, 0.1) is 0 Å². The average Bonchev–Trinajstić information content (AvgIpc) is 2.39. The molecule has 0 aromatic rings. The summed E-state index contributed by atoms with van der Waals surface area (Å²) in [6.45, 7) is 12.4. The third-order valence-electron chi connectivity index (χ3n) is 2.06. The van der Waals surface area contributed by atoms with E-state index in [1.54, 1.807) is 0 Å². The molecule has 0 radical (unpaired) electrons. The maximum Gasteiger partial charge on any atom is 0.201 e. The number of hydrogen-bond acceptors (Lipinski definition) is 5. The Bertz CT molecular complexity index is 424. The molecule has 0 spiro atoms. The molecule has 120 valence electrons. The van der Waals surface area contributed by atoms with Gasteiger partial charge in [-0.2, -0.15) is 10.2 Å². The predicted octanol–water partition coefficient (Wildman–Crippen LogP) is 0.989. The summed E-state index contributed by atoms with van der Waals surface area (Å²) >= 11 is 10.1. The summed E-state index contributed by atoms with van der Waals surface area (Å²) in [5.74, 6) is 0. The van der Waals surface area contributed by atoms with Gasteiger partial charge in [0.15, 0.2) is 5.11 Å². The molecule has 0 saturated heterocycles. The van der Waals surface area contributed by atoms with Crippen molar-refractivity contribution >= 4 is 46.1 Å². The Morgan fingerprint density at radius 1 is 0.952 bits per heavy atom. The number of hydrogen-bond donors (Lipinski definition) is 5. The normalized spacial score (nSPS) is 12.7. The Balaban J connectivity index is 4.30. The molecule has 7 nitrogen and oxygen atoms in total. The first-order valence-electron chi connectivity index (χ1n) is 6.61. The molecule has 0 aromatic heterocycles. The van der Waals surface area contributed by atoms with Crippen LogP contribution in [0.3, 0.4) is 0 Å². The van der Waals surface area contributed by atoms with Crippen molar-refractivity contribution in [3.8, 4) is 0 Å². The number of nitrogens with zero attached hydrogens (tertiary/aromatic N) is 2. The molecule has 9 heteroatoms. The molecule has 5 N–H and O–H groups in total. The van der Waals surface area contributed by atoms with Gasteiger partial charge in [0.25, 0.3) is 0 Å². The van der Waals surface area contributed by atoms with E-state index in [1.807, 2.05) is 41.5 Å². The summed E-state index contributed by atoms with van der Waals surface area (Å²) in [7, 11) is 0. The van der Waals surface area contributed by atoms with Gasteiger partial charge in [-0.15, -0.1) is 0 Å². The largest absolute Gasteiger partial charge is 0.362 e. The van der Waals surface area contributed by atoms with Gasteiger partial charge in [-0.1, -0.05) is 0 Å². The van der Waals surface area contributed by atoms with Gasteiger partial charge in [-0.05, 0) is 66.0 Å². The van der Waals surface area contributed by atoms with E-state index in [0.29, 0.717) is 21.6 Å². The van der Waals surface area contributed by atoms with Crippen LogP contribution in [0.4, 0.5) is 0 Å². The van der Waals surface area contributed by atoms with Gasteiger partial charge < -0.3 is 5.32 Å². The summed E-state index contributed by atoms with van der Waals surface area (Å²) in [4.78, 5) is 0. The number of thiocarbonyl (C=S) groups is 2. The molecular formula is C12H25N7S2. The van der Waals surface area contributed by atoms with Crippen LogP contribution in [0.2, 0.25) is 0 Å². The van der Waals surface area contributed by atoms with Crippen molar-refractivity contribution in [1.82, 2.24) is 27.0 Å². The highest BCUT2D eigenvalue weighted by Crippen LogP contribution is 1.94. The molecule has 0 saturated carbocycles. The first kappa shape index (κ1) is 19.7. The van der Waals surface area contributed by atoms with E-state index >= 15 is 0 Å². The van der Waals surface area contributed by atoms with Crippen molar-refractivity contribution in [1.29, 1.82) is 0 Å². The Morgan fingerprint density at radius 2 is 1.43 bits per heavy atom. The first-order chi connectivity index (χ1) is 9.65. The zero-order valence-corrected chi connectivity index (χ0v) is 15.1. The third kappa shape index (κ3) is 11.1. The minimum Gasteiger partial charge on any atom is -0.362 e. The highest BCUT2D eigenvalue weighted by atomic mass is 32.1.